The number of aliphatic imine (C=N–C) groups is 1. The van der Waals surface area contributed by atoms with Gasteiger partial charge in [-0.15, -0.1) is 0 Å². The summed E-state index contributed by atoms with van der Waals surface area (Å²) in [6, 6.07) is 0. The van der Waals surface area contributed by atoms with Crippen molar-refractivity contribution in [2.45, 2.75) is 77.7 Å². The molecular weight excluding hydrogens is 470 g/mol. The fourth-order valence-corrected chi connectivity index (χ4v) is 2.78. The number of nitrogens with zero attached hydrogens (tertiary/aromatic N) is 3. The van der Waals surface area contributed by atoms with Crippen LogP contribution in [-0.2, 0) is 13.6 Å². The van der Waals surface area contributed by atoms with Crippen molar-refractivity contribution in [3.8, 4) is 0 Å². The third kappa shape index (κ3) is 37.5. The lowest BCUT2D eigenvalue weighted by Gasteiger charge is -2.01. The van der Waals surface area contributed by atoms with E-state index < -0.39 is 14.5 Å². The summed E-state index contributed by atoms with van der Waals surface area (Å²) in [5.74, 6) is 0. The summed E-state index contributed by atoms with van der Waals surface area (Å²) in [6.07, 6.45) is 26.2. The molecule has 1 N–H and O–H groups in total. The normalized spacial score (nSPS) is 14.5. The van der Waals surface area contributed by atoms with Gasteiger partial charge in [0, 0.05) is 0 Å². The molecule has 0 fully saturated rings. The second-order valence-corrected chi connectivity index (χ2v) is 7.83. The van der Waals surface area contributed by atoms with Gasteiger partial charge in [0.2, 0.25) is 6.33 Å². The Kier molecular flexibility index (Phi) is 20.7. The monoisotopic (exact) mass is 508 g/mol. The number of halogens is 8. The number of hydrogen-bond acceptors (Lipinski definition) is 1. The van der Waals surface area contributed by atoms with Gasteiger partial charge in [0.05, 0.1) is 26.8 Å². The van der Waals surface area contributed by atoms with E-state index in [2.05, 4.69) is 46.8 Å². The number of imidazole rings is 1. The molecule has 34 heavy (non-hydrogen) atoms. The Balaban J connectivity index is 0. The Morgan fingerprint density at radius 3 is 1.53 bits per heavy atom. The fourth-order valence-electron chi connectivity index (χ4n) is 2.78. The first-order valence-electron chi connectivity index (χ1n) is 11.5. The lowest BCUT2D eigenvalue weighted by molar-refractivity contribution is -0.709. The van der Waals surface area contributed by atoms with Crippen LogP contribution in [0.4, 0.5) is 34.5 Å². The van der Waals surface area contributed by atoms with E-state index in [0.29, 0.717) is 0 Å². The van der Waals surface area contributed by atoms with Crippen LogP contribution in [-0.4, -0.2) is 32.5 Å². The highest BCUT2D eigenvalue weighted by molar-refractivity contribution is 6.50. The van der Waals surface area contributed by atoms with Crippen LogP contribution >= 0.6 is 0 Å². The topological polar surface area (TPSA) is 25.6 Å². The summed E-state index contributed by atoms with van der Waals surface area (Å²) in [5.41, 5.74) is 0. The molecule has 1 atom stereocenters. The maximum atomic E-state index is 9.75. The van der Waals surface area contributed by atoms with Crippen LogP contribution in [0, 0.1) is 0 Å². The van der Waals surface area contributed by atoms with E-state index in [9.17, 15) is 34.5 Å². The number of rotatable bonds is 11. The van der Waals surface area contributed by atoms with Crippen LogP contribution in [0.15, 0.2) is 36.1 Å². The fraction of sp³-hybridized carbons (Fsp3) is 0.700. The number of nitrogens with one attached hydrogen (secondary N) is 1. The first-order chi connectivity index (χ1) is 15.7. The predicted octanol–water partition coefficient (Wildman–Crippen LogP) is 5.85. The molecule has 0 saturated heterocycles. The molecular formula is C20H38B2F8N4. The second kappa shape index (κ2) is 20.5. The van der Waals surface area contributed by atoms with Gasteiger partial charge in [-0.3, -0.25) is 4.90 Å². The van der Waals surface area contributed by atoms with E-state index in [1.54, 1.807) is 6.20 Å². The van der Waals surface area contributed by atoms with Gasteiger partial charge in [-0.2, -0.15) is 0 Å². The zero-order chi connectivity index (χ0) is 26.5. The minimum absolute atomic E-state index is 1.18. The van der Waals surface area contributed by atoms with E-state index in [-0.39, 0.29) is 0 Å². The van der Waals surface area contributed by atoms with E-state index >= 15 is 0 Å². The van der Waals surface area contributed by atoms with Crippen molar-refractivity contribution in [3.63, 3.8) is 0 Å². The van der Waals surface area contributed by atoms with Gasteiger partial charge in [0.15, 0.2) is 6.34 Å². The Morgan fingerprint density at radius 2 is 1.24 bits per heavy atom. The highest BCUT2D eigenvalue weighted by Gasteiger charge is 2.21. The van der Waals surface area contributed by atoms with Crippen molar-refractivity contribution < 1.29 is 44.0 Å². The average molecular weight is 508 g/mol. The molecule has 2 heterocycles. The molecule has 0 radical (unpaired) electrons. The Bertz CT molecular complexity index is 613. The number of unbranched alkanes of at least 4 members (excludes halogenated alkanes) is 9. The van der Waals surface area contributed by atoms with Gasteiger partial charge in [0.1, 0.15) is 18.6 Å². The zero-order valence-corrected chi connectivity index (χ0v) is 20.3. The standard InChI is InChI=1S/C16H31N2.C4H6N2.2BF4/c1-3-4-5-6-7-8-9-10-11-12-13-18-15-14-17(2)16-18;1-6-3-2-5-4-6;2*2-1(3,4)5/h14-16H,3-13H2,1-2H3;2-4H,1H3;;/q+1;;2*-1/p+1. The van der Waals surface area contributed by atoms with Crippen molar-refractivity contribution in [2.24, 2.45) is 12.0 Å². The summed E-state index contributed by atoms with van der Waals surface area (Å²) in [5, 5.41) is 0. The van der Waals surface area contributed by atoms with Crippen molar-refractivity contribution >= 4 is 20.8 Å². The van der Waals surface area contributed by atoms with Gasteiger partial charge >= 0.3 is 14.5 Å². The molecule has 200 valence electrons. The summed E-state index contributed by atoms with van der Waals surface area (Å²) in [4.78, 5) is 5.05. The molecule has 0 bridgehead atoms. The maximum Gasteiger partial charge on any atom is 0.673 e. The van der Waals surface area contributed by atoms with Gasteiger partial charge in [0.25, 0.3) is 0 Å². The van der Waals surface area contributed by atoms with Gasteiger partial charge in [-0.25, -0.2) is 14.1 Å². The number of aromatic nitrogens is 2. The third-order valence-corrected chi connectivity index (χ3v) is 4.30. The number of hydrogen-bond donors (Lipinski definition) is 1. The van der Waals surface area contributed by atoms with Crippen LogP contribution in [0.5, 0.6) is 0 Å². The lowest BCUT2D eigenvalue weighted by Crippen LogP contribution is -3.01. The van der Waals surface area contributed by atoms with E-state index in [4.69, 9.17) is 0 Å². The Labute approximate surface area is 197 Å². The molecule has 0 aromatic carbocycles. The van der Waals surface area contributed by atoms with Crippen LogP contribution in [0.25, 0.3) is 0 Å². The molecule has 14 heteroatoms. The molecule has 1 unspecified atom stereocenters. The quantitative estimate of drug-likeness (QED) is 0.168. The number of aryl methyl sites for hydroxylation is 2. The predicted molar refractivity (Wildman–Crippen MR) is 122 cm³/mol. The van der Waals surface area contributed by atoms with Gasteiger partial charge in [-0.1, -0.05) is 58.3 Å². The molecule has 1 aliphatic rings. The minimum Gasteiger partial charge on any atom is -0.418 e. The van der Waals surface area contributed by atoms with Crippen molar-refractivity contribution in [1.29, 1.82) is 0 Å². The molecule has 0 aliphatic carbocycles. The third-order valence-electron chi connectivity index (χ3n) is 4.30. The van der Waals surface area contributed by atoms with E-state index in [0.717, 1.165) is 0 Å². The van der Waals surface area contributed by atoms with E-state index in [1.807, 2.05) is 19.6 Å². The van der Waals surface area contributed by atoms with Crippen molar-refractivity contribution in [3.05, 3.63) is 31.1 Å². The van der Waals surface area contributed by atoms with Gasteiger partial charge < -0.3 is 34.5 Å². The zero-order valence-electron chi connectivity index (χ0n) is 20.3. The molecule has 1 aromatic rings. The smallest absolute Gasteiger partial charge is 0.418 e. The number of quaternary nitrogens is 1. The van der Waals surface area contributed by atoms with Crippen LogP contribution in [0.3, 0.4) is 0 Å². The first-order valence-corrected chi connectivity index (χ1v) is 11.5. The largest absolute Gasteiger partial charge is 0.673 e. The Hall–Kier alpha value is -1.85. The molecule has 1 aromatic heterocycles. The summed E-state index contributed by atoms with van der Waals surface area (Å²) in [7, 11) is -7.90. The molecule has 1 aliphatic heterocycles. The van der Waals surface area contributed by atoms with Crippen LogP contribution < -0.4 is 9.47 Å². The average Bonchev–Trinajstić information content (AvgIpc) is 3.32. The highest BCUT2D eigenvalue weighted by Crippen LogP contribution is 2.10. The van der Waals surface area contributed by atoms with Gasteiger partial charge in [-0.05, 0) is 12.8 Å². The summed E-state index contributed by atoms with van der Waals surface area (Å²) < 4.78 is 82.4. The van der Waals surface area contributed by atoms with Crippen LogP contribution in [0.2, 0.25) is 0 Å². The Morgan fingerprint density at radius 1 is 0.794 bits per heavy atom. The highest BCUT2D eigenvalue weighted by atomic mass is 19.5. The molecule has 0 spiro atoms. The van der Waals surface area contributed by atoms with Crippen molar-refractivity contribution in [1.82, 2.24) is 4.57 Å². The van der Waals surface area contributed by atoms with E-state index in [1.165, 1.54) is 75.7 Å². The second-order valence-electron chi connectivity index (χ2n) is 7.83. The molecule has 2 rings (SSSR count). The molecule has 0 amide bonds. The molecule has 4 nitrogen and oxygen atoms in total. The summed E-state index contributed by atoms with van der Waals surface area (Å²) in [6.45, 7) is 3.46. The van der Waals surface area contributed by atoms with Crippen molar-refractivity contribution in [2.75, 3.05) is 7.05 Å². The summed E-state index contributed by atoms with van der Waals surface area (Å²) >= 11 is 0. The minimum atomic E-state index is -6.00. The lowest BCUT2D eigenvalue weighted by atomic mass is 10.1. The first kappa shape index (κ1) is 34.3. The SMILES string of the molecule is CCCCCCCCCCCC[n+]1ccn(C)c1.C[NH+]1C=CN=C1.F[B-](F)(F)F.F[B-](F)(F)F. The maximum absolute atomic E-state index is 9.75. The van der Waals surface area contributed by atoms with Crippen LogP contribution in [0.1, 0.15) is 71.1 Å². The molecule has 0 saturated carbocycles.